The minimum absolute atomic E-state index is 0.0357. The minimum atomic E-state index is -3.04. The third-order valence-electron chi connectivity index (χ3n) is 3.88. The van der Waals surface area contributed by atoms with Crippen LogP contribution in [0.5, 0.6) is 5.75 Å². The summed E-state index contributed by atoms with van der Waals surface area (Å²) in [5.74, 6) is -1.68. The first-order valence-corrected chi connectivity index (χ1v) is 8.60. The summed E-state index contributed by atoms with van der Waals surface area (Å²) in [6.45, 7) is -1.68. The zero-order chi connectivity index (χ0) is 20.8. The van der Waals surface area contributed by atoms with Crippen molar-refractivity contribution in [1.29, 1.82) is 0 Å². The molecule has 0 unspecified atom stereocenters. The molecule has 0 saturated heterocycles. The van der Waals surface area contributed by atoms with Crippen molar-refractivity contribution in [1.82, 2.24) is 10.2 Å². The van der Waals surface area contributed by atoms with Crippen LogP contribution in [-0.4, -0.2) is 34.8 Å². The Labute approximate surface area is 164 Å². The molecule has 3 rings (SSSR count). The van der Waals surface area contributed by atoms with E-state index in [9.17, 15) is 18.4 Å². The van der Waals surface area contributed by atoms with Crippen molar-refractivity contribution in [2.75, 3.05) is 5.32 Å². The molecule has 0 fully saturated rings. The van der Waals surface area contributed by atoms with Gasteiger partial charge in [0.1, 0.15) is 11.4 Å². The molecule has 3 aromatic rings. The molecule has 1 atom stereocenters. The van der Waals surface area contributed by atoms with E-state index in [2.05, 4.69) is 20.3 Å². The highest BCUT2D eigenvalue weighted by molar-refractivity contribution is 5.98. The van der Waals surface area contributed by atoms with E-state index < -0.39 is 24.6 Å². The molecule has 150 valence electrons. The van der Waals surface area contributed by atoms with E-state index in [1.807, 2.05) is 30.3 Å². The second kappa shape index (κ2) is 8.96. The second-order valence-electron chi connectivity index (χ2n) is 5.94. The number of amides is 1. The zero-order valence-corrected chi connectivity index (χ0v) is 15.3. The van der Waals surface area contributed by atoms with Gasteiger partial charge in [-0.15, -0.1) is 0 Å². The van der Waals surface area contributed by atoms with Crippen molar-refractivity contribution >= 4 is 17.6 Å². The predicted molar refractivity (Wildman–Crippen MR) is 101 cm³/mol. The third-order valence-corrected chi connectivity index (χ3v) is 3.88. The van der Waals surface area contributed by atoms with E-state index in [1.165, 1.54) is 31.2 Å². The molecule has 29 heavy (non-hydrogen) atoms. The van der Waals surface area contributed by atoms with Crippen LogP contribution >= 0.6 is 0 Å². The van der Waals surface area contributed by atoms with Gasteiger partial charge in [-0.05, 0) is 25.1 Å². The van der Waals surface area contributed by atoms with Crippen LogP contribution in [0.3, 0.4) is 0 Å². The molecule has 0 radical (unpaired) electrons. The first-order chi connectivity index (χ1) is 13.9. The lowest BCUT2D eigenvalue weighted by molar-refractivity contribution is -0.123. The lowest BCUT2D eigenvalue weighted by atomic mass is 10.1. The Morgan fingerprint density at radius 2 is 1.76 bits per heavy atom. The molecule has 0 bridgehead atoms. The van der Waals surface area contributed by atoms with Gasteiger partial charge in [-0.1, -0.05) is 42.5 Å². The number of aromatic amines is 1. The van der Waals surface area contributed by atoms with Crippen molar-refractivity contribution in [3.8, 4) is 17.0 Å². The monoisotopic (exact) mass is 401 g/mol. The highest BCUT2D eigenvalue weighted by atomic mass is 19.3. The summed E-state index contributed by atoms with van der Waals surface area (Å²) >= 11 is 0. The van der Waals surface area contributed by atoms with Gasteiger partial charge in [0.05, 0.1) is 11.4 Å². The van der Waals surface area contributed by atoms with Gasteiger partial charge in [0.25, 0.3) is 5.91 Å². The number of H-pyrrole nitrogens is 1. The molecule has 0 saturated carbocycles. The van der Waals surface area contributed by atoms with Crippen molar-refractivity contribution in [2.24, 2.45) is 0 Å². The number of anilines is 1. The Hall–Kier alpha value is -3.75. The Balaban J connectivity index is 1.63. The number of aromatic nitrogens is 2. The van der Waals surface area contributed by atoms with Crippen LogP contribution < -0.4 is 10.1 Å². The maximum absolute atomic E-state index is 12.5. The van der Waals surface area contributed by atoms with E-state index in [0.717, 1.165) is 5.56 Å². The number of hydrogen-bond donors (Lipinski definition) is 2. The smallest absolute Gasteiger partial charge is 0.387 e. The molecule has 2 N–H and O–H groups in total. The molecular weight excluding hydrogens is 384 g/mol. The van der Waals surface area contributed by atoms with Crippen molar-refractivity contribution in [3.63, 3.8) is 0 Å². The van der Waals surface area contributed by atoms with E-state index in [1.54, 1.807) is 6.07 Å². The maximum atomic E-state index is 12.5. The van der Waals surface area contributed by atoms with Gasteiger partial charge in [-0.25, -0.2) is 4.79 Å². The molecule has 0 aliphatic heterocycles. The molecule has 1 aromatic heterocycles. The first kappa shape index (κ1) is 20.0. The fourth-order valence-electron chi connectivity index (χ4n) is 2.46. The number of carbonyl (C=O) groups excluding carboxylic acids is 2. The number of esters is 1. The highest BCUT2D eigenvalue weighted by Crippen LogP contribution is 2.26. The minimum Gasteiger partial charge on any atom is -0.448 e. The van der Waals surface area contributed by atoms with Gasteiger partial charge < -0.3 is 14.8 Å². The normalized spacial score (nSPS) is 11.7. The highest BCUT2D eigenvalue weighted by Gasteiger charge is 2.22. The number of carbonyl (C=O) groups is 2. The number of hydrogen-bond acceptors (Lipinski definition) is 5. The predicted octanol–water partition coefficient (Wildman–Crippen LogP) is 3.86. The van der Waals surface area contributed by atoms with Crippen molar-refractivity contribution < 1.29 is 27.8 Å². The van der Waals surface area contributed by atoms with Gasteiger partial charge in [0, 0.05) is 5.56 Å². The number of para-hydroxylation sites is 2. The van der Waals surface area contributed by atoms with E-state index in [0.29, 0.717) is 5.69 Å². The van der Waals surface area contributed by atoms with Crippen LogP contribution in [0.2, 0.25) is 0 Å². The van der Waals surface area contributed by atoms with E-state index >= 15 is 0 Å². The third kappa shape index (κ3) is 5.16. The quantitative estimate of drug-likeness (QED) is 0.587. The molecule has 9 heteroatoms. The zero-order valence-electron chi connectivity index (χ0n) is 15.3. The summed E-state index contributed by atoms with van der Waals surface area (Å²) in [4.78, 5) is 24.6. The summed E-state index contributed by atoms with van der Waals surface area (Å²) in [6.07, 6.45) is -1.19. The Bertz CT molecular complexity index is 992. The molecule has 1 heterocycles. The summed E-state index contributed by atoms with van der Waals surface area (Å²) in [7, 11) is 0. The SMILES string of the molecule is C[C@H](OC(=O)c1cc(-c2ccccc2)n[nH]1)C(=O)Nc1ccccc1OC(F)F. The van der Waals surface area contributed by atoms with Crippen LogP contribution in [0.25, 0.3) is 11.3 Å². The molecule has 0 spiro atoms. The number of rotatable bonds is 7. The van der Waals surface area contributed by atoms with Crippen LogP contribution in [0, 0.1) is 0 Å². The van der Waals surface area contributed by atoms with Gasteiger partial charge in [-0.3, -0.25) is 9.89 Å². The van der Waals surface area contributed by atoms with Gasteiger partial charge in [-0.2, -0.15) is 13.9 Å². The van der Waals surface area contributed by atoms with Crippen LogP contribution in [0.1, 0.15) is 17.4 Å². The number of alkyl halides is 2. The number of benzene rings is 2. The molecular formula is C20H17F2N3O4. The molecule has 2 aromatic carbocycles. The van der Waals surface area contributed by atoms with Gasteiger partial charge in [0.2, 0.25) is 0 Å². The summed E-state index contributed by atoms with van der Waals surface area (Å²) < 4.78 is 34.4. The number of halogens is 2. The van der Waals surface area contributed by atoms with Crippen molar-refractivity contribution in [2.45, 2.75) is 19.6 Å². The fourth-order valence-corrected chi connectivity index (χ4v) is 2.46. The van der Waals surface area contributed by atoms with Gasteiger partial charge >= 0.3 is 12.6 Å². The topological polar surface area (TPSA) is 93.3 Å². The van der Waals surface area contributed by atoms with E-state index in [4.69, 9.17) is 4.74 Å². The lowest BCUT2D eigenvalue weighted by Gasteiger charge is -2.15. The van der Waals surface area contributed by atoms with Crippen LogP contribution in [0.15, 0.2) is 60.7 Å². The summed E-state index contributed by atoms with van der Waals surface area (Å²) in [6, 6.07) is 16.4. The summed E-state index contributed by atoms with van der Waals surface area (Å²) in [5.41, 5.74) is 1.47. The maximum Gasteiger partial charge on any atom is 0.387 e. The number of nitrogens with zero attached hydrogens (tertiary/aromatic N) is 1. The van der Waals surface area contributed by atoms with Gasteiger partial charge in [0.15, 0.2) is 6.10 Å². The molecule has 7 nitrogen and oxygen atoms in total. The van der Waals surface area contributed by atoms with Crippen molar-refractivity contribution in [3.05, 3.63) is 66.4 Å². The standard InChI is InChI=1S/C20H17F2N3O4/c1-12(18(26)23-14-9-5-6-10-17(14)29-20(21)22)28-19(27)16-11-15(24-25-16)13-7-3-2-4-8-13/h2-12,20H,1H3,(H,23,26)(H,24,25)/t12-/m0/s1. The largest absolute Gasteiger partial charge is 0.448 e. The average molecular weight is 401 g/mol. The molecule has 0 aliphatic carbocycles. The number of ether oxygens (including phenoxy) is 2. The Kier molecular flexibility index (Phi) is 6.18. The van der Waals surface area contributed by atoms with Crippen LogP contribution in [-0.2, 0) is 9.53 Å². The number of nitrogens with one attached hydrogen (secondary N) is 2. The van der Waals surface area contributed by atoms with E-state index in [-0.39, 0.29) is 17.1 Å². The Morgan fingerprint density at radius 1 is 1.07 bits per heavy atom. The molecule has 0 aliphatic rings. The fraction of sp³-hybridized carbons (Fsp3) is 0.150. The average Bonchev–Trinajstić information content (AvgIpc) is 3.20. The Morgan fingerprint density at radius 3 is 2.48 bits per heavy atom. The lowest BCUT2D eigenvalue weighted by Crippen LogP contribution is -2.30. The second-order valence-corrected chi connectivity index (χ2v) is 5.94. The molecule has 1 amide bonds. The first-order valence-electron chi connectivity index (χ1n) is 8.60. The van der Waals surface area contributed by atoms with Crippen LogP contribution in [0.4, 0.5) is 14.5 Å². The summed E-state index contributed by atoms with van der Waals surface area (Å²) in [5, 5.41) is 9.02.